The SMILES string of the molecule is CCCCN(Cc1ccc(NCCO)nc1)Cc1c(-c2ccccc2)nc(-c2ccccc2)n1CCCC. The average molecular weight is 512 g/mol. The third-order valence-corrected chi connectivity index (χ3v) is 6.74. The lowest BCUT2D eigenvalue weighted by Gasteiger charge is -2.24. The van der Waals surface area contributed by atoms with E-state index in [9.17, 15) is 0 Å². The minimum Gasteiger partial charge on any atom is -0.395 e. The van der Waals surface area contributed by atoms with Crippen LogP contribution in [0.1, 0.15) is 50.8 Å². The van der Waals surface area contributed by atoms with Crippen LogP contribution < -0.4 is 5.32 Å². The molecule has 0 aliphatic rings. The Morgan fingerprint density at radius 1 is 0.842 bits per heavy atom. The lowest BCUT2D eigenvalue weighted by atomic mass is 10.1. The highest BCUT2D eigenvalue weighted by atomic mass is 16.3. The molecule has 0 aliphatic carbocycles. The van der Waals surface area contributed by atoms with Crippen molar-refractivity contribution in [3.63, 3.8) is 0 Å². The molecule has 0 atom stereocenters. The molecule has 2 aromatic carbocycles. The quantitative estimate of drug-likeness (QED) is 0.188. The molecule has 38 heavy (non-hydrogen) atoms. The maximum atomic E-state index is 9.08. The van der Waals surface area contributed by atoms with Gasteiger partial charge in [-0.25, -0.2) is 9.97 Å². The maximum Gasteiger partial charge on any atom is 0.140 e. The molecule has 0 saturated carbocycles. The first kappa shape index (κ1) is 27.6. The number of nitrogens with one attached hydrogen (secondary N) is 1. The van der Waals surface area contributed by atoms with Crippen molar-refractivity contribution in [2.24, 2.45) is 0 Å². The monoisotopic (exact) mass is 511 g/mol. The van der Waals surface area contributed by atoms with Crippen molar-refractivity contribution in [3.8, 4) is 22.6 Å². The molecule has 200 valence electrons. The minimum absolute atomic E-state index is 0.0919. The number of hydrogen-bond acceptors (Lipinski definition) is 5. The zero-order valence-corrected chi connectivity index (χ0v) is 22.8. The normalized spacial score (nSPS) is 11.3. The van der Waals surface area contributed by atoms with Crippen molar-refractivity contribution >= 4 is 5.82 Å². The summed E-state index contributed by atoms with van der Waals surface area (Å²) in [6.45, 7) is 8.68. The van der Waals surface area contributed by atoms with E-state index in [1.165, 1.54) is 11.3 Å². The van der Waals surface area contributed by atoms with Gasteiger partial charge in [-0.1, -0.05) is 93.4 Å². The molecule has 0 fully saturated rings. The van der Waals surface area contributed by atoms with Gasteiger partial charge in [-0.05, 0) is 31.0 Å². The van der Waals surface area contributed by atoms with Crippen molar-refractivity contribution in [1.29, 1.82) is 0 Å². The van der Waals surface area contributed by atoms with Gasteiger partial charge in [0.05, 0.1) is 18.0 Å². The second kappa shape index (κ2) is 14.5. The fourth-order valence-electron chi connectivity index (χ4n) is 4.71. The van der Waals surface area contributed by atoms with Crippen LogP contribution in [0, 0.1) is 0 Å². The molecule has 2 aromatic heterocycles. The van der Waals surface area contributed by atoms with Crippen LogP contribution in [0.15, 0.2) is 79.0 Å². The van der Waals surface area contributed by atoms with E-state index in [-0.39, 0.29) is 6.61 Å². The highest BCUT2D eigenvalue weighted by Crippen LogP contribution is 2.31. The van der Waals surface area contributed by atoms with Crippen molar-refractivity contribution < 1.29 is 5.11 Å². The van der Waals surface area contributed by atoms with Crippen molar-refractivity contribution in [3.05, 3.63) is 90.3 Å². The average Bonchev–Trinajstić information content (AvgIpc) is 3.33. The molecule has 2 N–H and O–H groups in total. The number of anilines is 1. The highest BCUT2D eigenvalue weighted by Gasteiger charge is 2.21. The van der Waals surface area contributed by atoms with E-state index in [2.05, 4.69) is 100 Å². The summed E-state index contributed by atoms with van der Waals surface area (Å²) in [4.78, 5) is 12.4. The fourth-order valence-corrected chi connectivity index (χ4v) is 4.71. The number of hydrogen-bond donors (Lipinski definition) is 2. The van der Waals surface area contributed by atoms with Gasteiger partial charge in [0, 0.05) is 43.5 Å². The Labute approximate surface area is 227 Å². The minimum atomic E-state index is 0.0919. The third-order valence-electron chi connectivity index (χ3n) is 6.74. The number of rotatable bonds is 15. The summed E-state index contributed by atoms with van der Waals surface area (Å²) >= 11 is 0. The molecule has 2 heterocycles. The number of benzene rings is 2. The Hall–Kier alpha value is -3.48. The number of imidazole rings is 1. The summed E-state index contributed by atoms with van der Waals surface area (Å²) in [7, 11) is 0. The van der Waals surface area contributed by atoms with Gasteiger partial charge in [0.1, 0.15) is 11.6 Å². The maximum absolute atomic E-state index is 9.08. The predicted octanol–water partition coefficient (Wildman–Crippen LogP) is 6.62. The Morgan fingerprint density at radius 3 is 2.18 bits per heavy atom. The second-order valence-electron chi connectivity index (χ2n) is 9.73. The van der Waals surface area contributed by atoms with E-state index in [0.29, 0.717) is 6.54 Å². The summed E-state index contributed by atoms with van der Waals surface area (Å²) in [6.07, 6.45) is 6.47. The van der Waals surface area contributed by atoms with Crippen molar-refractivity contribution in [2.45, 2.75) is 59.2 Å². The van der Waals surface area contributed by atoms with Crippen LogP contribution in [0.2, 0.25) is 0 Å². The van der Waals surface area contributed by atoms with Gasteiger partial charge in [0.2, 0.25) is 0 Å². The molecule has 4 aromatic rings. The number of unbranched alkanes of at least 4 members (excludes halogenated alkanes) is 2. The van der Waals surface area contributed by atoms with Gasteiger partial charge in [-0.15, -0.1) is 0 Å². The van der Waals surface area contributed by atoms with E-state index >= 15 is 0 Å². The first-order chi connectivity index (χ1) is 18.7. The lowest BCUT2D eigenvalue weighted by molar-refractivity contribution is 0.246. The summed E-state index contributed by atoms with van der Waals surface area (Å²) in [5.74, 6) is 1.84. The standard InChI is InChI=1S/C32H41N5O/c1-3-5-20-36(24-26-17-18-30(34-23-26)33-19-22-38)25-29-31(27-13-9-7-10-14-27)35-32(37(29)21-6-4-2)28-15-11-8-12-16-28/h7-18,23,38H,3-6,19-22,24-25H2,1-2H3,(H,33,34). The van der Waals surface area contributed by atoms with Crippen LogP contribution in [0.5, 0.6) is 0 Å². The van der Waals surface area contributed by atoms with Gasteiger partial charge in [-0.3, -0.25) is 4.90 Å². The zero-order valence-electron chi connectivity index (χ0n) is 22.8. The van der Waals surface area contributed by atoms with Gasteiger partial charge in [0.15, 0.2) is 0 Å². The first-order valence-electron chi connectivity index (χ1n) is 14.0. The molecule has 0 amide bonds. The number of pyridine rings is 1. The number of aromatic nitrogens is 3. The smallest absolute Gasteiger partial charge is 0.140 e. The summed E-state index contributed by atoms with van der Waals surface area (Å²) in [5, 5.41) is 12.2. The Balaban J connectivity index is 1.71. The number of aliphatic hydroxyl groups excluding tert-OH is 1. The molecule has 0 aliphatic heterocycles. The predicted molar refractivity (Wildman–Crippen MR) is 157 cm³/mol. The largest absolute Gasteiger partial charge is 0.395 e. The van der Waals surface area contributed by atoms with E-state index in [0.717, 1.165) is 80.3 Å². The third kappa shape index (κ3) is 7.30. The van der Waals surface area contributed by atoms with Crippen LogP contribution in [-0.4, -0.2) is 44.2 Å². The zero-order chi connectivity index (χ0) is 26.6. The van der Waals surface area contributed by atoms with Crippen LogP contribution in [0.4, 0.5) is 5.82 Å². The topological polar surface area (TPSA) is 66.2 Å². The first-order valence-corrected chi connectivity index (χ1v) is 14.0. The van der Waals surface area contributed by atoms with Gasteiger partial charge in [0.25, 0.3) is 0 Å². The molecule has 6 nitrogen and oxygen atoms in total. The van der Waals surface area contributed by atoms with Crippen molar-refractivity contribution in [2.75, 3.05) is 25.0 Å². The van der Waals surface area contributed by atoms with Crippen LogP contribution >= 0.6 is 0 Å². The highest BCUT2D eigenvalue weighted by molar-refractivity contribution is 5.68. The molecule has 0 unspecified atom stereocenters. The van der Waals surface area contributed by atoms with Crippen molar-refractivity contribution in [1.82, 2.24) is 19.4 Å². The van der Waals surface area contributed by atoms with Crippen LogP contribution in [0.25, 0.3) is 22.6 Å². The Kier molecular flexibility index (Phi) is 10.5. The van der Waals surface area contributed by atoms with E-state index < -0.39 is 0 Å². The molecule has 4 rings (SSSR count). The summed E-state index contributed by atoms with van der Waals surface area (Å²) < 4.78 is 2.46. The Morgan fingerprint density at radius 2 is 1.55 bits per heavy atom. The summed E-state index contributed by atoms with van der Waals surface area (Å²) in [5.41, 5.74) is 5.84. The number of nitrogens with zero attached hydrogens (tertiary/aromatic N) is 4. The van der Waals surface area contributed by atoms with E-state index in [1.54, 1.807) is 0 Å². The molecule has 0 saturated heterocycles. The Bertz CT molecular complexity index is 1220. The van der Waals surface area contributed by atoms with Crippen LogP contribution in [0.3, 0.4) is 0 Å². The van der Waals surface area contributed by atoms with Gasteiger partial charge < -0.3 is 15.0 Å². The lowest BCUT2D eigenvalue weighted by Crippen LogP contribution is -2.26. The molecular weight excluding hydrogens is 470 g/mol. The van der Waals surface area contributed by atoms with E-state index in [4.69, 9.17) is 10.1 Å². The molecule has 0 spiro atoms. The fraction of sp³-hybridized carbons (Fsp3) is 0.375. The molecule has 6 heteroatoms. The molecule has 0 radical (unpaired) electrons. The molecular formula is C32H41N5O. The summed E-state index contributed by atoms with van der Waals surface area (Å²) in [6, 6.07) is 25.3. The molecule has 0 bridgehead atoms. The van der Waals surface area contributed by atoms with Gasteiger partial charge >= 0.3 is 0 Å². The van der Waals surface area contributed by atoms with Crippen LogP contribution in [-0.2, 0) is 19.6 Å². The second-order valence-corrected chi connectivity index (χ2v) is 9.73. The van der Waals surface area contributed by atoms with E-state index in [1.807, 2.05) is 12.3 Å². The number of aliphatic hydroxyl groups is 1. The van der Waals surface area contributed by atoms with Gasteiger partial charge in [-0.2, -0.15) is 0 Å².